The topological polar surface area (TPSA) is 64.2 Å². The number of hydrogen-bond acceptors (Lipinski definition) is 4. The summed E-state index contributed by atoms with van der Waals surface area (Å²) < 4.78 is 1.67. The lowest BCUT2D eigenvalue weighted by atomic mass is 10.2. The fourth-order valence-corrected chi connectivity index (χ4v) is 2.22. The van der Waals surface area contributed by atoms with Crippen LogP contribution in [0.25, 0.3) is 0 Å². The molecule has 2 heterocycles. The third kappa shape index (κ3) is 5.04. The molecule has 0 aromatic carbocycles. The monoisotopic (exact) mass is 286 g/mol. The van der Waals surface area contributed by atoms with Crippen molar-refractivity contribution < 1.29 is 0 Å². The van der Waals surface area contributed by atoms with E-state index in [1.54, 1.807) is 16.8 Å². The Bertz CT molecular complexity index is 609. The largest absolute Gasteiger partial charge is 0.398 e. The van der Waals surface area contributed by atoms with Crippen molar-refractivity contribution in [2.24, 2.45) is 0 Å². The van der Waals surface area contributed by atoms with Crippen molar-refractivity contribution in [1.82, 2.24) is 14.5 Å². The predicted octanol–water partition coefficient (Wildman–Crippen LogP) is 1.39. The molecule has 0 unspecified atom stereocenters. The minimum absolute atomic E-state index is 0.00337. The summed E-state index contributed by atoms with van der Waals surface area (Å²) in [5.41, 5.74) is 7.62. The molecule has 0 amide bonds. The Labute approximate surface area is 125 Å². The summed E-state index contributed by atoms with van der Waals surface area (Å²) in [6, 6.07) is 7.24. The maximum absolute atomic E-state index is 11.6. The van der Waals surface area contributed by atoms with E-state index in [1.165, 1.54) is 11.6 Å². The maximum atomic E-state index is 11.6. The molecule has 0 spiro atoms. The van der Waals surface area contributed by atoms with Gasteiger partial charge >= 0.3 is 0 Å². The maximum Gasteiger partial charge on any atom is 0.250 e. The number of aryl methyl sites for hydroxylation is 1. The van der Waals surface area contributed by atoms with Gasteiger partial charge in [0, 0.05) is 43.4 Å². The molecule has 0 aliphatic heterocycles. The third-order valence-corrected chi connectivity index (χ3v) is 3.48. The first-order valence-electron chi connectivity index (χ1n) is 7.18. The van der Waals surface area contributed by atoms with Crippen molar-refractivity contribution in [2.45, 2.75) is 19.4 Å². The molecule has 0 atom stereocenters. The number of nitrogens with two attached hydrogens (primary N) is 1. The van der Waals surface area contributed by atoms with Crippen molar-refractivity contribution in [3.05, 3.63) is 58.8 Å². The van der Waals surface area contributed by atoms with E-state index < -0.39 is 0 Å². The first kappa shape index (κ1) is 15.3. The summed E-state index contributed by atoms with van der Waals surface area (Å²) in [6.07, 6.45) is 7.29. The number of nitrogen functional groups attached to an aromatic ring is 1. The van der Waals surface area contributed by atoms with Gasteiger partial charge in [-0.15, -0.1) is 0 Å². The number of anilines is 1. The van der Waals surface area contributed by atoms with Gasteiger partial charge in [-0.3, -0.25) is 9.78 Å². The van der Waals surface area contributed by atoms with Crippen molar-refractivity contribution >= 4 is 5.69 Å². The highest BCUT2D eigenvalue weighted by Crippen LogP contribution is 2.01. The molecule has 112 valence electrons. The first-order chi connectivity index (χ1) is 10.1. The Hall–Kier alpha value is -2.14. The quantitative estimate of drug-likeness (QED) is 0.835. The lowest BCUT2D eigenvalue weighted by molar-refractivity contribution is 0.324. The summed E-state index contributed by atoms with van der Waals surface area (Å²) in [5.74, 6) is 0. The molecule has 0 fully saturated rings. The second kappa shape index (κ2) is 7.59. The van der Waals surface area contributed by atoms with E-state index in [2.05, 4.69) is 16.9 Å². The summed E-state index contributed by atoms with van der Waals surface area (Å²) in [7, 11) is 2.10. The average Bonchev–Trinajstić information content (AvgIpc) is 2.50. The molecule has 2 aromatic heterocycles. The number of aromatic nitrogens is 2. The molecule has 21 heavy (non-hydrogen) atoms. The van der Waals surface area contributed by atoms with E-state index in [0.29, 0.717) is 12.2 Å². The number of hydrogen-bond donors (Lipinski definition) is 1. The van der Waals surface area contributed by atoms with E-state index in [1.807, 2.05) is 24.5 Å². The van der Waals surface area contributed by atoms with E-state index in [-0.39, 0.29) is 5.56 Å². The van der Waals surface area contributed by atoms with Gasteiger partial charge in [0.25, 0.3) is 5.56 Å². The van der Waals surface area contributed by atoms with Gasteiger partial charge in [-0.2, -0.15) is 0 Å². The molecular formula is C16H22N4O. The van der Waals surface area contributed by atoms with Gasteiger partial charge in [-0.1, -0.05) is 0 Å². The number of likely N-dealkylation sites (N-methyl/N-ethyl adjacent to an activating group) is 1. The zero-order chi connectivity index (χ0) is 15.1. The van der Waals surface area contributed by atoms with Crippen LogP contribution in [0.3, 0.4) is 0 Å². The van der Waals surface area contributed by atoms with Gasteiger partial charge in [-0.25, -0.2) is 0 Å². The van der Waals surface area contributed by atoms with Crippen LogP contribution < -0.4 is 11.3 Å². The van der Waals surface area contributed by atoms with Crippen molar-refractivity contribution in [1.29, 1.82) is 0 Å². The fourth-order valence-electron chi connectivity index (χ4n) is 2.22. The number of nitrogens with zero attached hydrogens (tertiary/aromatic N) is 3. The van der Waals surface area contributed by atoms with Crippen LogP contribution >= 0.6 is 0 Å². The smallest absolute Gasteiger partial charge is 0.250 e. The summed E-state index contributed by atoms with van der Waals surface area (Å²) >= 11 is 0. The normalized spacial score (nSPS) is 11.0. The van der Waals surface area contributed by atoms with Crippen LogP contribution in [0.5, 0.6) is 0 Å². The van der Waals surface area contributed by atoms with Gasteiger partial charge in [0.2, 0.25) is 0 Å². The van der Waals surface area contributed by atoms with E-state index in [0.717, 1.165) is 25.9 Å². The van der Waals surface area contributed by atoms with Gasteiger partial charge in [0.15, 0.2) is 0 Å². The molecule has 2 rings (SSSR count). The minimum atomic E-state index is 0.00337. The lowest BCUT2D eigenvalue weighted by Crippen LogP contribution is -2.25. The zero-order valence-corrected chi connectivity index (χ0v) is 12.4. The van der Waals surface area contributed by atoms with Crippen molar-refractivity contribution in [3.63, 3.8) is 0 Å². The molecule has 0 aliphatic rings. The van der Waals surface area contributed by atoms with Gasteiger partial charge in [0.05, 0.1) is 0 Å². The molecule has 5 heteroatoms. The Balaban J connectivity index is 1.73. The molecule has 0 saturated heterocycles. The Kier molecular flexibility index (Phi) is 5.51. The third-order valence-electron chi connectivity index (χ3n) is 3.48. The van der Waals surface area contributed by atoms with Crippen LogP contribution in [0, 0.1) is 0 Å². The minimum Gasteiger partial charge on any atom is -0.398 e. The SMILES string of the molecule is CN(CCCn1cc(N)ccc1=O)CCc1ccncc1. The molecule has 0 saturated carbocycles. The van der Waals surface area contributed by atoms with Crippen LogP contribution in [0.1, 0.15) is 12.0 Å². The molecule has 5 nitrogen and oxygen atoms in total. The molecule has 2 aromatic rings. The lowest BCUT2D eigenvalue weighted by Gasteiger charge is -2.16. The van der Waals surface area contributed by atoms with Gasteiger partial charge in [0.1, 0.15) is 0 Å². The second-order valence-electron chi connectivity index (χ2n) is 5.26. The van der Waals surface area contributed by atoms with E-state index in [4.69, 9.17) is 5.73 Å². The highest BCUT2D eigenvalue weighted by Gasteiger charge is 2.01. The fraction of sp³-hybridized carbons (Fsp3) is 0.375. The highest BCUT2D eigenvalue weighted by molar-refractivity contribution is 5.33. The Morgan fingerprint density at radius 3 is 2.71 bits per heavy atom. The van der Waals surface area contributed by atoms with Crippen LogP contribution in [0.2, 0.25) is 0 Å². The van der Waals surface area contributed by atoms with Crippen LogP contribution in [-0.2, 0) is 13.0 Å². The van der Waals surface area contributed by atoms with Crippen LogP contribution in [0.4, 0.5) is 5.69 Å². The Morgan fingerprint density at radius 1 is 1.19 bits per heavy atom. The summed E-state index contributed by atoms with van der Waals surface area (Å²) in [5, 5.41) is 0. The first-order valence-corrected chi connectivity index (χ1v) is 7.18. The molecule has 2 N–H and O–H groups in total. The van der Waals surface area contributed by atoms with Crippen LogP contribution in [-0.4, -0.2) is 34.6 Å². The molecule has 0 radical (unpaired) electrons. The number of rotatable bonds is 7. The highest BCUT2D eigenvalue weighted by atomic mass is 16.1. The summed E-state index contributed by atoms with van der Waals surface area (Å²) in [4.78, 5) is 17.9. The van der Waals surface area contributed by atoms with Gasteiger partial charge in [-0.05, 0) is 50.2 Å². The second-order valence-corrected chi connectivity index (χ2v) is 5.26. The summed E-state index contributed by atoms with van der Waals surface area (Å²) in [6.45, 7) is 2.64. The molecule has 0 aliphatic carbocycles. The van der Waals surface area contributed by atoms with Crippen molar-refractivity contribution in [3.8, 4) is 0 Å². The Morgan fingerprint density at radius 2 is 1.95 bits per heavy atom. The molecule has 0 bridgehead atoms. The predicted molar refractivity (Wildman–Crippen MR) is 85.2 cm³/mol. The van der Waals surface area contributed by atoms with E-state index in [9.17, 15) is 4.79 Å². The van der Waals surface area contributed by atoms with Crippen LogP contribution in [0.15, 0.2) is 47.7 Å². The van der Waals surface area contributed by atoms with Crippen molar-refractivity contribution in [2.75, 3.05) is 25.9 Å². The number of pyridine rings is 2. The van der Waals surface area contributed by atoms with Gasteiger partial charge < -0.3 is 15.2 Å². The average molecular weight is 286 g/mol. The molecular weight excluding hydrogens is 264 g/mol. The standard InChI is InChI=1S/C16H22N4O/c1-19(12-7-14-5-8-18-9-6-14)10-2-11-20-13-15(17)3-4-16(20)21/h3-6,8-9,13H,2,7,10-12,17H2,1H3. The van der Waals surface area contributed by atoms with E-state index >= 15 is 0 Å². The zero-order valence-electron chi connectivity index (χ0n) is 12.4.